The number of fused-ring (bicyclic) bond motifs is 1. The van der Waals surface area contributed by atoms with E-state index in [1.807, 2.05) is 0 Å². The number of hydrogen-bond donors (Lipinski definition) is 1. The first-order valence-electron chi connectivity index (χ1n) is 3.61. The van der Waals surface area contributed by atoms with E-state index in [9.17, 15) is 4.39 Å². The second-order valence-electron chi connectivity index (χ2n) is 2.53. The maximum absolute atomic E-state index is 12.7. The number of hydrogen-bond acceptors (Lipinski definition) is 4. The molecular formula is C7H8FN3O. The van der Waals surface area contributed by atoms with Crippen molar-refractivity contribution in [2.75, 3.05) is 7.11 Å². The van der Waals surface area contributed by atoms with Crippen LogP contribution in [0.15, 0.2) is 0 Å². The minimum atomic E-state index is -0.727. The fourth-order valence-electron chi connectivity index (χ4n) is 1.28. The van der Waals surface area contributed by atoms with Gasteiger partial charge in [0.25, 0.3) is 0 Å². The van der Waals surface area contributed by atoms with E-state index in [1.165, 1.54) is 7.11 Å². The van der Waals surface area contributed by atoms with Gasteiger partial charge in [0, 0.05) is 13.1 Å². The predicted molar refractivity (Wildman–Crippen MR) is 39.1 cm³/mol. The van der Waals surface area contributed by atoms with Crippen molar-refractivity contribution >= 4 is 0 Å². The summed E-state index contributed by atoms with van der Waals surface area (Å²) < 4.78 is 17.6. The molecule has 0 aliphatic carbocycles. The van der Waals surface area contributed by atoms with E-state index >= 15 is 0 Å². The molecule has 1 aliphatic heterocycles. The molecule has 4 nitrogen and oxygen atoms in total. The van der Waals surface area contributed by atoms with Crippen LogP contribution in [0.5, 0.6) is 5.88 Å². The van der Waals surface area contributed by atoms with Crippen molar-refractivity contribution in [1.82, 2.24) is 15.3 Å². The van der Waals surface area contributed by atoms with Crippen LogP contribution in [0.2, 0.25) is 0 Å². The molecule has 0 amide bonds. The molecule has 0 bridgehead atoms. The Balaban J connectivity index is 2.55. The number of nitrogens with one attached hydrogen (secondary N) is 1. The molecule has 1 N–H and O–H groups in total. The van der Waals surface area contributed by atoms with Crippen LogP contribution < -0.4 is 10.1 Å². The fraction of sp³-hybridized carbons (Fsp3) is 0.429. The summed E-state index contributed by atoms with van der Waals surface area (Å²) in [6, 6.07) is 0. The van der Waals surface area contributed by atoms with Crippen LogP contribution in [-0.4, -0.2) is 17.1 Å². The first-order valence-corrected chi connectivity index (χ1v) is 3.61. The van der Waals surface area contributed by atoms with Crippen LogP contribution in [0.25, 0.3) is 0 Å². The Bertz CT molecular complexity index is 316. The zero-order valence-corrected chi connectivity index (χ0v) is 6.59. The van der Waals surface area contributed by atoms with Crippen molar-refractivity contribution in [3.05, 3.63) is 17.3 Å². The van der Waals surface area contributed by atoms with Crippen molar-refractivity contribution in [2.45, 2.75) is 13.1 Å². The molecule has 0 fully saturated rings. The third kappa shape index (κ3) is 1.02. The first-order chi connectivity index (χ1) is 5.81. The van der Waals surface area contributed by atoms with E-state index in [4.69, 9.17) is 4.74 Å². The minimum Gasteiger partial charge on any atom is -0.481 e. The van der Waals surface area contributed by atoms with Gasteiger partial charge >= 0.3 is 6.08 Å². The fourth-order valence-corrected chi connectivity index (χ4v) is 1.28. The van der Waals surface area contributed by atoms with Gasteiger partial charge in [-0.1, -0.05) is 0 Å². The molecule has 0 aromatic carbocycles. The van der Waals surface area contributed by atoms with Crippen LogP contribution in [0.3, 0.4) is 0 Å². The Hall–Kier alpha value is -1.23. The standard InChI is InChI=1S/C7H8FN3O/c1-12-6-4-2-9-3-5(4)10-7(8)11-6/h9H,2-3H2,1H3. The molecule has 5 heteroatoms. The highest BCUT2D eigenvalue weighted by molar-refractivity contribution is 5.32. The molecule has 1 aliphatic rings. The zero-order valence-electron chi connectivity index (χ0n) is 6.59. The molecule has 0 atom stereocenters. The Kier molecular flexibility index (Phi) is 1.65. The molecule has 0 saturated carbocycles. The average molecular weight is 169 g/mol. The van der Waals surface area contributed by atoms with Crippen molar-refractivity contribution < 1.29 is 9.13 Å². The Morgan fingerprint density at radius 2 is 2.25 bits per heavy atom. The number of methoxy groups -OCH3 is 1. The Labute approximate surface area is 68.8 Å². The molecular weight excluding hydrogens is 161 g/mol. The molecule has 0 saturated heterocycles. The number of halogens is 1. The maximum Gasteiger partial charge on any atom is 0.312 e. The average Bonchev–Trinajstić information content (AvgIpc) is 2.50. The van der Waals surface area contributed by atoms with Gasteiger partial charge in [-0.3, -0.25) is 0 Å². The normalized spacial score (nSPS) is 14.5. The predicted octanol–water partition coefficient (Wildman–Crippen LogP) is 0.227. The van der Waals surface area contributed by atoms with E-state index < -0.39 is 6.08 Å². The van der Waals surface area contributed by atoms with Gasteiger partial charge in [0.1, 0.15) is 0 Å². The quantitative estimate of drug-likeness (QED) is 0.611. The van der Waals surface area contributed by atoms with Gasteiger partial charge in [0.15, 0.2) is 0 Å². The highest BCUT2D eigenvalue weighted by Gasteiger charge is 2.19. The summed E-state index contributed by atoms with van der Waals surface area (Å²) in [6.45, 7) is 1.24. The van der Waals surface area contributed by atoms with Gasteiger partial charge in [0.05, 0.1) is 18.4 Å². The Morgan fingerprint density at radius 3 is 3.00 bits per heavy atom. The number of ether oxygens (including phenoxy) is 1. The molecule has 2 heterocycles. The highest BCUT2D eigenvalue weighted by Crippen LogP contribution is 2.21. The maximum atomic E-state index is 12.7. The summed E-state index contributed by atoms with van der Waals surface area (Å²) in [7, 11) is 1.47. The number of aromatic nitrogens is 2. The summed E-state index contributed by atoms with van der Waals surface area (Å²) in [6.07, 6.45) is -0.727. The molecule has 1 aromatic rings. The lowest BCUT2D eigenvalue weighted by Crippen LogP contribution is -2.01. The molecule has 2 rings (SSSR count). The highest BCUT2D eigenvalue weighted by atomic mass is 19.1. The minimum absolute atomic E-state index is 0.336. The third-order valence-corrected chi connectivity index (χ3v) is 1.82. The van der Waals surface area contributed by atoms with Crippen LogP contribution in [0, 0.1) is 6.08 Å². The Morgan fingerprint density at radius 1 is 1.42 bits per heavy atom. The molecule has 1 aromatic heterocycles. The lowest BCUT2D eigenvalue weighted by atomic mass is 10.3. The first kappa shape index (κ1) is 7.42. The van der Waals surface area contributed by atoms with Crippen molar-refractivity contribution in [1.29, 1.82) is 0 Å². The molecule has 64 valence electrons. The molecule has 12 heavy (non-hydrogen) atoms. The van der Waals surface area contributed by atoms with Crippen LogP contribution in [0.1, 0.15) is 11.3 Å². The lowest BCUT2D eigenvalue weighted by molar-refractivity contribution is 0.376. The summed E-state index contributed by atoms with van der Waals surface area (Å²) >= 11 is 0. The van der Waals surface area contributed by atoms with Crippen LogP contribution >= 0.6 is 0 Å². The topological polar surface area (TPSA) is 47.0 Å². The smallest absolute Gasteiger partial charge is 0.312 e. The van der Waals surface area contributed by atoms with Gasteiger partial charge in [-0.2, -0.15) is 9.37 Å². The summed E-state index contributed by atoms with van der Waals surface area (Å²) in [5.74, 6) is 0.336. The van der Waals surface area contributed by atoms with E-state index in [-0.39, 0.29) is 0 Å². The number of rotatable bonds is 1. The van der Waals surface area contributed by atoms with Crippen molar-refractivity contribution in [3.63, 3.8) is 0 Å². The summed E-state index contributed by atoms with van der Waals surface area (Å²) in [4.78, 5) is 7.17. The number of nitrogens with zero attached hydrogens (tertiary/aromatic N) is 2. The van der Waals surface area contributed by atoms with Crippen LogP contribution in [0.4, 0.5) is 4.39 Å². The zero-order chi connectivity index (χ0) is 8.55. The molecule has 0 spiro atoms. The van der Waals surface area contributed by atoms with Gasteiger partial charge in [-0.05, 0) is 0 Å². The molecule has 0 unspecified atom stereocenters. The third-order valence-electron chi connectivity index (χ3n) is 1.82. The van der Waals surface area contributed by atoms with E-state index in [1.54, 1.807) is 0 Å². The molecule has 0 radical (unpaired) electrons. The van der Waals surface area contributed by atoms with Gasteiger partial charge in [-0.25, -0.2) is 4.98 Å². The summed E-state index contributed by atoms with van der Waals surface area (Å²) in [5.41, 5.74) is 1.55. The SMILES string of the molecule is COc1nc(F)nc2c1CNC2. The second kappa shape index (κ2) is 2.67. The van der Waals surface area contributed by atoms with Gasteiger partial charge < -0.3 is 10.1 Å². The summed E-state index contributed by atoms with van der Waals surface area (Å²) in [5, 5.41) is 3.04. The second-order valence-corrected chi connectivity index (χ2v) is 2.53. The largest absolute Gasteiger partial charge is 0.481 e. The van der Waals surface area contributed by atoms with Crippen LogP contribution in [-0.2, 0) is 13.1 Å². The van der Waals surface area contributed by atoms with Crippen molar-refractivity contribution in [2.24, 2.45) is 0 Å². The van der Waals surface area contributed by atoms with E-state index in [2.05, 4.69) is 15.3 Å². The van der Waals surface area contributed by atoms with E-state index in [0.717, 1.165) is 5.56 Å². The van der Waals surface area contributed by atoms with Gasteiger partial charge in [0.2, 0.25) is 5.88 Å². The van der Waals surface area contributed by atoms with Gasteiger partial charge in [-0.15, -0.1) is 0 Å². The monoisotopic (exact) mass is 169 g/mol. The van der Waals surface area contributed by atoms with Crippen molar-refractivity contribution in [3.8, 4) is 5.88 Å². The van der Waals surface area contributed by atoms with E-state index in [0.29, 0.717) is 24.7 Å². The lowest BCUT2D eigenvalue weighted by Gasteiger charge is -2.03.